The van der Waals surface area contributed by atoms with Crippen molar-refractivity contribution in [2.45, 2.75) is 13.8 Å². The Balaban J connectivity index is 2.39. The number of hydrogen-bond donors (Lipinski definition) is 0. The van der Waals surface area contributed by atoms with Crippen molar-refractivity contribution in [3.8, 4) is 0 Å². The fraction of sp³-hybridized carbons (Fsp3) is 0.429. The number of Topliss-reactive ketones (excluding diaryl/α,β-unsaturated/α-hetero) is 1. The fourth-order valence-electron chi connectivity index (χ4n) is 1.62. The summed E-state index contributed by atoms with van der Waals surface area (Å²) < 4.78 is 12.7. The van der Waals surface area contributed by atoms with Gasteiger partial charge in [0.25, 0.3) is 0 Å². The Morgan fingerprint density at radius 2 is 1.68 bits per heavy atom. The number of halogens is 1. The van der Waals surface area contributed by atoms with Crippen molar-refractivity contribution in [1.82, 2.24) is 4.90 Å². The number of nitrogens with zero attached hydrogens (tertiary/aromatic N) is 1. The van der Waals surface area contributed by atoms with Gasteiger partial charge in [-0.05, 0) is 38.1 Å². The van der Waals surface area contributed by atoms with Crippen molar-refractivity contribution in [2.24, 2.45) is 0 Å². The first kappa shape index (κ1) is 15.7. The van der Waals surface area contributed by atoms with Crippen LogP contribution in [0.4, 0.5) is 4.39 Å². The van der Waals surface area contributed by atoms with Crippen molar-refractivity contribution in [3.05, 3.63) is 35.6 Å². The summed E-state index contributed by atoms with van der Waals surface area (Å²) in [5.74, 6) is 0.132. The van der Waals surface area contributed by atoms with Crippen molar-refractivity contribution >= 4 is 23.5 Å². The molecular weight excluding hydrogens is 265 g/mol. The van der Waals surface area contributed by atoms with Crippen molar-refractivity contribution in [2.75, 3.05) is 24.6 Å². The lowest BCUT2D eigenvalue weighted by molar-refractivity contribution is -0.127. The molecule has 0 saturated heterocycles. The Labute approximate surface area is 117 Å². The van der Waals surface area contributed by atoms with Gasteiger partial charge in [-0.15, -0.1) is 11.8 Å². The van der Waals surface area contributed by atoms with Gasteiger partial charge in [0.2, 0.25) is 5.91 Å². The van der Waals surface area contributed by atoms with E-state index in [2.05, 4.69) is 0 Å². The van der Waals surface area contributed by atoms with E-state index in [4.69, 9.17) is 0 Å². The molecule has 0 unspecified atom stereocenters. The van der Waals surface area contributed by atoms with E-state index in [-0.39, 0.29) is 23.3 Å². The molecule has 1 amide bonds. The maximum Gasteiger partial charge on any atom is 0.232 e. The van der Waals surface area contributed by atoms with E-state index in [1.54, 1.807) is 4.90 Å². The standard InChI is InChI=1S/C14H18FNO2S/c1-3-16(4-2)14(18)10-19-9-13(17)11-5-7-12(15)8-6-11/h5-8H,3-4,9-10H2,1-2H3. The third-order valence-corrected chi connectivity index (χ3v) is 3.66. The highest BCUT2D eigenvalue weighted by molar-refractivity contribution is 8.00. The summed E-state index contributed by atoms with van der Waals surface area (Å²) >= 11 is 1.29. The van der Waals surface area contributed by atoms with Crippen LogP contribution in [0.1, 0.15) is 24.2 Å². The van der Waals surface area contributed by atoms with E-state index in [1.165, 1.54) is 36.0 Å². The number of rotatable bonds is 7. The highest BCUT2D eigenvalue weighted by atomic mass is 32.2. The van der Waals surface area contributed by atoms with Gasteiger partial charge in [-0.2, -0.15) is 0 Å². The molecule has 0 aliphatic rings. The molecule has 5 heteroatoms. The van der Waals surface area contributed by atoms with Crippen LogP contribution in [0.3, 0.4) is 0 Å². The van der Waals surface area contributed by atoms with Crippen molar-refractivity contribution < 1.29 is 14.0 Å². The Morgan fingerprint density at radius 1 is 1.11 bits per heavy atom. The summed E-state index contributed by atoms with van der Waals surface area (Å²) in [6, 6.07) is 5.45. The molecule has 0 bridgehead atoms. The fourth-order valence-corrected chi connectivity index (χ4v) is 2.43. The molecular formula is C14H18FNO2S. The molecule has 0 spiro atoms. The molecule has 1 aromatic carbocycles. The van der Waals surface area contributed by atoms with Crippen LogP contribution in [0.15, 0.2) is 24.3 Å². The van der Waals surface area contributed by atoms with Gasteiger partial charge in [0.15, 0.2) is 5.78 Å². The van der Waals surface area contributed by atoms with Gasteiger partial charge in [0.1, 0.15) is 5.82 Å². The van der Waals surface area contributed by atoms with E-state index < -0.39 is 0 Å². The van der Waals surface area contributed by atoms with Gasteiger partial charge in [0, 0.05) is 18.7 Å². The molecule has 0 aliphatic heterocycles. The average Bonchev–Trinajstić information content (AvgIpc) is 2.40. The predicted molar refractivity (Wildman–Crippen MR) is 76.0 cm³/mol. The number of amides is 1. The normalized spacial score (nSPS) is 10.3. The zero-order valence-corrected chi connectivity index (χ0v) is 12.0. The minimum absolute atomic E-state index is 0.0434. The van der Waals surface area contributed by atoms with Crippen LogP contribution in [0, 0.1) is 5.82 Å². The molecule has 0 fully saturated rings. The molecule has 104 valence electrons. The van der Waals surface area contributed by atoms with Gasteiger partial charge < -0.3 is 4.90 Å². The second-order valence-electron chi connectivity index (χ2n) is 3.99. The number of carbonyl (C=O) groups excluding carboxylic acids is 2. The summed E-state index contributed by atoms with van der Waals surface area (Å²) in [6.07, 6.45) is 0. The molecule has 1 aromatic rings. The molecule has 0 aliphatic carbocycles. The summed E-state index contributed by atoms with van der Waals surface area (Å²) in [4.78, 5) is 25.2. The number of carbonyl (C=O) groups is 2. The SMILES string of the molecule is CCN(CC)C(=O)CSCC(=O)c1ccc(F)cc1. The lowest BCUT2D eigenvalue weighted by Gasteiger charge is -2.17. The summed E-state index contributed by atoms with van der Waals surface area (Å²) in [5, 5.41) is 0. The zero-order valence-electron chi connectivity index (χ0n) is 11.2. The van der Waals surface area contributed by atoms with Crippen molar-refractivity contribution in [1.29, 1.82) is 0 Å². The molecule has 0 radical (unpaired) electrons. The van der Waals surface area contributed by atoms with Crippen molar-refractivity contribution in [3.63, 3.8) is 0 Å². The van der Waals surface area contributed by atoms with E-state index in [0.29, 0.717) is 24.4 Å². The summed E-state index contributed by atoms with van der Waals surface area (Å²) in [5.41, 5.74) is 0.476. The van der Waals surface area contributed by atoms with Gasteiger partial charge in [-0.25, -0.2) is 4.39 Å². The van der Waals surface area contributed by atoms with Crippen LogP contribution in [0.25, 0.3) is 0 Å². The molecule has 1 rings (SSSR count). The molecule has 0 heterocycles. The minimum atomic E-state index is -0.360. The first-order chi connectivity index (χ1) is 9.08. The van der Waals surface area contributed by atoms with E-state index in [9.17, 15) is 14.0 Å². The highest BCUT2D eigenvalue weighted by Gasteiger charge is 2.11. The Morgan fingerprint density at radius 3 is 2.21 bits per heavy atom. The lowest BCUT2D eigenvalue weighted by Crippen LogP contribution is -2.32. The Kier molecular flexibility index (Phi) is 6.56. The number of thioether (sulfide) groups is 1. The predicted octanol–water partition coefficient (Wildman–Crippen LogP) is 2.61. The monoisotopic (exact) mass is 283 g/mol. The molecule has 3 nitrogen and oxygen atoms in total. The quantitative estimate of drug-likeness (QED) is 0.722. The third-order valence-electron chi connectivity index (χ3n) is 2.74. The van der Waals surface area contributed by atoms with E-state index in [1.807, 2.05) is 13.8 Å². The van der Waals surface area contributed by atoms with Crippen LogP contribution in [0.5, 0.6) is 0 Å². The Bertz CT molecular complexity index is 430. The van der Waals surface area contributed by atoms with E-state index in [0.717, 1.165) is 0 Å². The second kappa shape index (κ2) is 7.94. The maximum atomic E-state index is 12.7. The Hall–Kier alpha value is -1.36. The number of ketones is 1. The molecule has 19 heavy (non-hydrogen) atoms. The second-order valence-corrected chi connectivity index (χ2v) is 4.97. The zero-order chi connectivity index (χ0) is 14.3. The van der Waals surface area contributed by atoms with Crippen LogP contribution < -0.4 is 0 Å². The lowest BCUT2D eigenvalue weighted by atomic mass is 10.1. The summed E-state index contributed by atoms with van der Waals surface area (Å²) in [6.45, 7) is 5.22. The van der Waals surface area contributed by atoms with Crippen LogP contribution in [-0.4, -0.2) is 41.2 Å². The van der Waals surface area contributed by atoms with Gasteiger partial charge in [-0.1, -0.05) is 0 Å². The molecule has 0 saturated carbocycles. The highest BCUT2D eigenvalue weighted by Crippen LogP contribution is 2.09. The molecule has 0 N–H and O–H groups in total. The van der Waals surface area contributed by atoms with Gasteiger partial charge in [0.05, 0.1) is 11.5 Å². The van der Waals surface area contributed by atoms with Crippen LogP contribution >= 0.6 is 11.8 Å². The molecule has 0 atom stereocenters. The van der Waals surface area contributed by atoms with E-state index >= 15 is 0 Å². The first-order valence-electron chi connectivity index (χ1n) is 6.22. The third kappa shape index (κ3) is 5.03. The van der Waals surface area contributed by atoms with Gasteiger partial charge in [-0.3, -0.25) is 9.59 Å². The maximum absolute atomic E-state index is 12.7. The number of benzene rings is 1. The average molecular weight is 283 g/mol. The van der Waals surface area contributed by atoms with Crippen LogP contribution in [0.2, 0.25) is 0 Å². The van der Waals surface area contributed by atoms with Gasteiger partial charge >= 0.3 is 0 Å². The summed E-state index contributed by atoms with van der Waals surface area (Å²) in [7, 11) is 0. The number of hydrogen-bond acceptors (Lipinski definition) is 3. The topological polar surface area (TPSA) is 37.4 Å². The largest absolute Gasteiger partial charge is 0.343 e. The van der Waals surface area contributed by atoms with Crippen LogP contribution in [-0.2, 0) is 4.79 Å². The minimum Gasteiger partial charge on any atom is -0.343 e. The first-order valence-corrected chi connectivity index (χ1v) is 7.38. The molecule has 0 aromatic heterocycles. The smallest absolute Gasteiger partial charge is 0.232 e.